The monoisotopic (exact) mass is 343 g/mol. The normalized spacial score (nSPS) is 13.0. The lowest BCUT2D eigenvalue weighted by atomic mass is 10.2. The Morgan fingerprint density at radius 1 is 1.12 bits per heavy atom. The van der Waals surface area contributed by atoms with Crippen molar-refractivity contribution in [3.63, 3.8) is 0 Å². The molecule has 1 heterocycles. The van der Waals surface area contributed by atoms with Gasteiger partial charge >= 0.3 is 5.97 Å². The Hall–Kier alpha value is -3.22. The fraction of sp³-hybridized carbons (Fsp3) is 0.222. The van der Waals surface area contributed by atoms with E-state index in [9.17, 15) is 9.59 Å². The van der Waals surface area contributed by atoms with Gasteiger partial charge in [-0.05, 0) is 37.3 Å². The Morgan fingerprint density at radius 2 is 1.92 bits per heavy atom. The number of nitrogens with one attached hydrogen (secondary N) is 1. The van der Waals surface area contributed by atoms with Crippen molar-refractivity contribution >= 4 is 17.6 Å². The largest absolute Gasteiger partial charge is 0.497 e. The summed E-state index contributed by atoms with van der Waals surface area (Å²) in [5.74, 6) is 0.656. The summed E-state index contributed by atoms with van der Waals surface area (Å²) < 4.78 is 20.7. The third-order valence-corrected chi connectivity index (χ3v) is 3.60. The van der Waals surface area contributed by atoms with E-state index >= 15 is 0 Å². The van der Waals surface area contributed by atoms with Crippen molar-refractivity contribution in [2.75, 3.05) is 19.2 Å². The van der Waals surface area contributed by atoms with Gasteiger partial charge in [-0.2, -0.15) is 0 Å². The molecule has 7 heteroatoms. The van der Waals surface area contributed by atoms with Gasteiger partial charge < -0.3 is 24.3 Å². The van der Waals surface area contributed by atoms with Crippen molar-refractivity contribution in [3.8, 4) is 17.2 Å². The van der Waals surface area contributed by atoms with E-state index in [0.717, 1.165) is 0 Å². The summed E-state index contributed by atoms with van der Waals surface area (Å²) in [7, 11) is 1.51. The molecule has 0 saturated heterocycles. The van der Waals surface area contributed by atoms with E-state index in [1.165, 1.54) is 14.0 Å². The smallest absolute Gasteiger partial charge is 0.339 e. The van der Waals surface area contributed by atoms with Crippen LogP contribution in [0.5, 0.6) is 17.2 Å². The first kappa shape index (κ1) is 16.6. The Morgan fingerprint density at radius 3 is 2.72 bits per heavy atom. The van der Waals surface area contributed by atoms with Crippen molar-refractivity contribution in [1.82, 2.24) is 0 Å². The van der Waals surface area contributed by atoms with E-state index in [4.69, 9.17) is 18.9 Å². The van der Waals surface area contributed by atoms with Crippen molar-refractivity contribution < 1.29 is 28.5 Å². The highest BCUT2D eigenvalue weighted by Crippen LogP contribution is 2.34. The lowest BCUT2D eigenvalue weighted by molar-refractivity contribution is -0.123. The molecule has 1 aliphatic heterocycles. The van der Waals surface area contributed by atoms with E-state index < -0.39 is 18.0 Å². The van der Waals surface area contributed by atoms with Gasteiger partial charge in [0.2, 0.25) is 6.79 Å². The van der Waals surface area contributed by atoms with Crippen LogP contribution in [0.4, 0.5) is 5.69 Å². The van der Waals surface area contributed by atoms with Crippen molar-refractivity contribution in [2.45, 2.75) is 13.0 Å². The number of esters is 1. The summed E-state index contributed by atoms with van der Waals surface area (Å²) in [5, 5.41) is 2.67. The zero-order valence-corrected chi connectivity index (χ0v) is 13.8. The van der Waals surface area contributed by atoms with Crippen LogP contribution in [0.15, 0.2) is 42.5 Å². The van der Waals surface area contributed by atoms with Gasteiger partial charge in [-0.15, -0.1) is 0 Å². The first-order valence-corrected chi connectivity index (χ1v) is 7.62. The maximum absolute atomic E-state index is 12.2. The molecule has 0 aromatic heterocycles. The molecular weight excluding hydrogens is 326 g/mol. The van der Waals surface area contributed by atoms with Crippen LogP contribution in [0.25, 0.3) is 0 Å². The maximum Gasteiger partial charge on any atom is 0.339 e. The zero-order chi connectivity index (χ0) is 17.8. The molecule has 130 valence electrons. The van der Waals surface area contributed by atoms with Crippen LogP contribution >= 0.6 is 0 Å². The van der Waals surface area contributed by atoms with E-state index in [1.54, 1.807) is 42.5 Å². The van der Waals surface area contributed by atoms with Gasteiger partial charge in [0.25, 0.3) is 5.91 Å². The average Bonchev–Trinajstić information content (AvgIpc) is 3.09. The number of hydrogen-bond acceptors (Lipinski definition) is 6. The number of amides is 1. The number of rotatable bonds is 5. The molecule has 7 nitrogen and oxygen atoms in total. The quantitative estimate of drug-likeness (QED) is 0.840. The first-order chi connectivity index (χ1) is 12.1. The molecule has 0 aliphatic carbocycles. The Labute approximate surface area is 144 Å². The van der Waals surface area contributed by atoms with Crippen LogP contribution in [0, 0.1) is 0 Å². The summed E-state index contributed by atoms with van der Waals surface area (Å²) >= 11 is 0. The first-order valence-electron chi connectivity index (χ1n) is 7.62. The van der Waals surface area contributed by atoms with Crippen LogP contribution in [-0.2, 0) is 9.53 Å². The second-order valence-electron chi connectivity index (χ2n) is 5.34. The van der Waals surface area contributed by atoms with Crippen LogP contribution in [-0.4, -0.2) is 31.9 Å². The number of anilines is 1. The van der Waals surface area contributed by atoms with Gasteiger partial charge in [0, 0.05) is 11.8 Å². The number of carbonyl (C=O) groups excluding carboxylic acids is 2. The number of ether oxygens (including phenoxy) is 4. The zero-order valence-electron chi connectivity index (χ0n) is 13.8. The molecule has 25 heavy (non-hydrogen) atoms. The second-order valence-corrected chi connectivity index (χ2v) is 5.34. The number of hydrogen-bond donors (Lipinski definition) is 1. The lowest BCUT2D eigenvalue weighted by Crippen LogP contribution is -2.30. The van der Waals surface area contributed by atoms with Gasteiger partial charge in [-0.25, -0.2) is 4.79 Å². The summed E-state index contributed by atoms with van der Waals surface area (Å²) in [4.78, 5) is 24.4. The average molecular weight is 343 g/mol. The number of benzene rings is 2. The highest BCUT2D eigenvalue weighted by molar-refractivity contribution is 5.97. The third-order valence-electron chi connectivity index (χ3n) is 3.60. The maximum atomic E-state index is 12.2. The number of fused-ring (bicyclic) bond motifs is 1. The SMILES string of the molecule is COc1cccc(C(=O)O[C@@H](C)C(=O)Nc2ccc3c(c2)OCO3)c1. The molecule has 1 atom stereocenters. The summed E-state index contributed by atoms with van der Waals surface area (Å²) in [5.41, 5.74) is 0.834. The van der Waals surface area contributed by atoms with E-state index in [2.05, 4.69) is 5.32 Å². The molecular formula is C18H17NO6. The molecule has 0 saturated carbocycles. The fourth-order valence-corrected chi connectivity index (χ4v) is 2.25. The van der Waals surface area contributed by atoms with E-state index in [1.807, 2.05) is 0 Å². The molecule has 1 aliphatic rings. The Kier molecular flexibility index (Phi) is 4.74. The van der Waals surface area contributed by atoms with Gasteiger partial charge in [0.05, 0.1) is 12.7 Å². The van der Waals surface area contributed by atoms with Crippen LogP contribution in [0.1, 0.15) is 17.3 Å². The van der Waals surface area contributed by atoms with Gasteiger partial charge in [0.1, 0.15) is 5.75 Å². The molecule has 3 rings (SSSR count). The van der Waals surface area contributed by atoms with E-state index in [-0.39, 0.29) is 6.79 Å². The van der Waals surface area contributed by atoms with Crippen LogP contribution < -0.4 is 19.5 Å². The topological polar surface area (TPSA) is 83.1 Å². The highest BCUT2D eigenvalue weighted by atomic mass is 16.7. The molecule has 2 aromatic rings. The molecule has 0 spiro atoms. The summed E-state index contributed by atoms with van der Waals surface area (Å²) in [6.07, 6.45) is -0.968. The Bertz CT molecular complexity index is 804. The molecule has 0 radical (unpaired) electrons. The van der Waals surface area contributed by atoms with Crippen molar-refractivity contribution in [1.29, 1.82) is 0 Å². The number of carbonyl (C=O) groups is 2. The summed E-state index contributed by atoms with van der Waals surface area (Å²) in [6.45, 7) is 1.65. The van der Waals surface area contributed by atoms with Crippen molar-refractivity contribution in [3.05, 3.63) is 48.0 Å². The summed E-state index contributed by atoms with van der Waals surface area (Å²) in [6, 6.07) is 11.6. The van der Waals surface area contributed by atoms with Crippen molar-refractivity contribution in [2.24, 2.45) is 0 Å². The minimum absolute atomic E-state index is 0.154. The van der Waals surface area contributed by atoms with Crippen LogP contribution in [0.2, 0.25) is 0 Å². The molecule has 0 unspecified atom stereocenters. The van der Waals surface area contributed by atoms with E-state index in [0.29, 0.717) is 28.5 Å². The Balaban J connectivity index is 1.61. The predicted molar refractivity (Wildman–Crippen MR) is 89.1 cm³/mol. The lowest BCUT2D eigenvalue weighted by Gasteiger charge is -2.14. The molecule has 1 N–H and O–H groups in total. The molecule has 2 aromatic carbocycles. The molecule has 0 bridgehead atoms. The standard InChI is InChI=1S/C18H17NO6/c1-11(25-18(21)12-4-3-5-14(8-12)22-2)17(20)19-13-6-7-15-16(9-13)24-10-23-15/h3-9,11H,10H2,1-2H3,(H,19,20)/t11-/m0/s1. The minimum atomic E-state index is -0.968. The predicted octanol–water partition coefficient (Wildman–Crippen LogP) is 2.61. The third kappa shape index (κ3) is 3.82. The molecule has 1 amide bonds. The minimum Gasteiger partial charge on any atom is -0.497 e. The highest BCUT2D eigenvalue weighted by Gasteiger charge is 2.20. The van der Waals surface area contributed by atoms with Gasteiger partial charge in [-0.1, -0.05) is 6.07 Å². The molecule has 0 fully saturated rings. The second kappa shape index (κ2) is 7.12. The fourth-order valence-electron chi connectivity index (χ4n) is 2.25. The van der Waals surface area contributed by atoms with Gasteiger partial charge in [-0.3, -0.25) is 4.79 Å². The van der Waals surface area contributed by atoms with Gasteiger partial charge in [0.15, 0.2) is 17.6 Å². The number of methoxy groups -OCH3 is 1. The van der Waals surface area contributed by atoms with Crippen LogP contribution in [0.3, 0.4) is 0 Å².